The van der Waals surface area contributed by atoms with Crippen LogP contribution in [0.15, 0.2) is 35.2 Å². The maximum Gasteiger partial charge on any atom is 0.275 e. The van der Waals surface area contributed by atoms with Crippen LogP contribution in [0.5, 0.6) is 0 Å². The standard InChI is InChI=1S/C11H6BrClFN3O/c12-7-3-6(14)4-8(13)10(7)17-11(18)9-5-15-1-2-16-9/h1-5H,(H,17,18). The highest BCUT2D eigenvalue weighted by Gasteiger charge is 2.13. The zero-order valence-corrected chi connectivity index (χ0v) is 11.2. The molecule has 1 amide bonds. The first-order valence-electron chi connectivity index (χ1n) is 4.80. The summed E-state index contributed by atoms with van der Waals surface area (Å²) in [6.07, 6.45) is 4.18. The average molecular weight is 331 g/mol. The molecule has 0 saturated heterocycles. The number of amides is 1. The van der Waals surface area contributed by atoms with Gasteiger partial charge in [0.15, 0.2) is 0 Å². The number of rotatable bonds is 2. The Morgan fingerprint density at radius 3 is 2.78 bits per heavy atom. The Kier molecular flexibility index (Phi) is 3.88. The molecule has 0 aliphatic carbocycles. The van der Waals surface area contributed by atoms with Crippen LogP contribution in [-0.2, 0) is 0 Å². The van der Waals surface area contributed by atoms with E-state index in [4.69, 9.17) is 11.6 Å². The summed E-state index contributed by atoms with van der Waals surface area (Å²) in [5.41, 5.74) is 0.429. The van der Waals surface area contributed by atoms with Gasteiger partial charge in [-0.25, -0.2) is 9.37 Å². The highest BCUT2D eigenvalue weighted by Crippen LogP contribution is 2.31. The molecule has 0 unspecified atom stereocenters. The summed E-state index contributed by atoms with van der Waals surface area (Å²) >= 11 is 8.97. The van der Waals surface area contributed by atoms with Gasteiger partial charge in [-0.2, -0.15) is 0 Å². The Bertz CT molecular complexity index is 571. The molecule has 7 heteroatoms. The summed E-state index contributed by atoms with van der Waals surface area (Å²) in [6, 6.07) is 2.32. The molecule has 0 fully saturated rings. The topological polar surface area (TPSA) is 54.9 Å². The number of hydrogen-bond acceptors (Lipinski definition) is 3. The van der Waals surface area contributed by atoms with E-state index in [0.717, 1.165) is 6.07 Å². The lowest BCUT2D eigenvalue weighted by molar-refractivity contribution is 0.102. The first kappa shape index (κ1) is 12.9. The molecule has 1 heterocycles. The van der Waals surface area contributed by atoms with Crippen molar-refractivity contribution in [1.29, 1.82) is 0 Å². The van der Waals surface area contributed by atoms with Crippen LogP contribution in [0.4, 0.5) is 10.1 Å². The number of nitrogens with zero attached hydrogens (tertiary/aromatic N) is 2. The first-order chi connectivity index (χ1) is 8.58. The second-order valence-corrected chi connectivity index (χ2v) is 4.55. The van der Waals surface area contributed by atoms with Gasteiger partial charge in [0.25, 0.3) is 5.91 Å². The number of aromatic nitrogens is 2. The average Bonchev–Trinajstić information content (AvgIpc) is 2.34. The van der Waals surface area contributed by atoms with E-state index in [9.17, 15) is 9.18 Å². The van der Waals surface area contributed by atoms with Gasteiger partial charge in [-0.15, -0.1) is 0 Å². The molecule has 0 saturated carbocycles. The normalized spacial score (nSPS) is 10.2. The van der Waals surface area contributed by atoms with Crippen LogP contribution in [-0.4, -0.2) is 15.9 Å². The molecule has 1 aromatic heterocycles. The Balaban J connectivity index is 2.28. The lowest BCUT2D eigenvalue weighted by Crippen LogP contribution is -2.14. The van der Waals surface area contributed by atoms with E-state index in [2.05, 4.69) is 31.2 Å². The number of nitrogens with one attached hydrogen (secondary N) is 1. The van der Waals surface area contributed by atoms with Gasteiger partial charge >= 0.3 is 0 Å². The summed E-state index contributed by atoms with van der Waals surface area (Å²) in [6.45, 7) is 0. The van der Waals surface area contributed by atoms with Crippen molar-refractivity contribution in [1.82, 2.24) is 9.97 Å². The minimum atomic E-state index is -0.496. The zero-order valence-electron chi connectivity index (χ0n) is 8.82. The van der Waals surface area contributed by atoms with Crippen LogP contribution in [0.1, 0.15) is 10.5 Å². The number of carbonyl (C=O) groups is 1. The molecule has 4 nitrogen and oxygen atoms in total. The summed E-state index contributed by atoms with van der Waals surface area (Å²) in [7, 11) is 0. The van der Waals surface area contributed by atoms with Gasteiger partial charge in [-0.3, -0.25) is 9.78 Å². The van der Waals surface area contributed by atoms with E-state index >= 15 is 0 Å². The minimum Gasteiger partial charge on any atom is -0.318 e. The maximum absolute atomic E-state index is 13.0. The molecule has 92 valence electrons. The Hall–Kier alpha value is -1.53. The number of anilines is 1. The SMILES string of the molecule is O=C(Nc1c(Cl)cc(F)cc1Br)c1cnccn1. The number of halogens is 3. The molecule has 0 bridgehead atoms. The lowest BCUT2D eigenvalue weighted by Gasteiger charge is -2.08. The van der Waals surface area contributed by atoms with E-state index < -0.39 is 11.7 Å². The quantitative estimate of drug-likeness (QED) is 0.919. The Morgan fingerprint density at radius 2 is 2.17 bits per heavy atom. The maximum atomic E-state index is 13.0. The second-order valence-electron chi connectivity index (χ2n) is 3.29. The largest absolute Gasteiger partial charge is 0.318 e. The fourth-order valence-electron chi connectivity index (χ4n) is 1.26. The molecule has 0 aliphatic heterocycles. The van der Waals surface area contributed by atoms with E-state index in [1.807, 2.05) is 0 Å². The molecule has 18 heavy (non-hydrogen) atoms. The van der Waals surface area contributed by atoms with Crippen molar-refractivity contribution in [3.8, 4) is 0 Å². The summed E-state index contributed by atoms with van der Waals surface area (Å²) in [5.74, 6) is -0.971. The van der Waals surface area contributed by atoms with Gasteiger partial charge in [0, 0.05) is 16.9 Å². The van der Waals surface area contributed by atoms with Gasteiger partial charge in [0.1, 0.15) is 11.5 Å². The molecule has 0 atom stereocenters. The predicted molar refractivity (Wildman–Crippen MR) is 69.1 cm³/mol. The Labute approximate surface area is 115 Å². The minimum absolute atomic E-state index is 0.0964. The van der Waals surface area contributed by atoms with Crippen LogP contribution >= 0.6 is 27.5 Å². The second kappa shape index (κ2) is 5.41. The molecular weight excluding hydrogens is 324 g/mol. The Morgan fingerprint density at radius 1 is 1.39 bits per heavy atom. The van der Waals surface area contributed by atoms with Crippen molar-refractivity contribution in [2.75, 3.05) is 5.32 Å². The molecule has 1 aromatic carbocycles. The molecule has 0 aliphatic rings. The summed E-state index contributed by atoms with van der Waals surface area (Å²) in [4.78, 5) is 19.4. The summed E-state index contributed by atoms with van der Waals surface area (Å²) < 4.78 is 13.4. The van der Waals surface area contributed by atoms with E-state index in [0.29, 0.717) is 4.47 Å². The van der Waals surface area contributed by atoms with Crippen molar-refractivity contribution in [2.45, 2.75) is 0 Å². The third-order valence-electron chi connectivity index (χ3n) is 2.04. The monoisotopic (exact) mass is 329 g/mol. The van der Waals surface area contributed by atoms with Crippen molar-refractivity contribution in [3.05, 3.63) is 51.7 Å². The van der Waals surface area contributed by atoms with Crippen LogP contribution in [0, 0.1) is 5.82 Å². The van der Waals surface area contributed by atoms with Crippen molar-refractivity contribution >= 4 is 39.1 Å². The molecule has 2 rings (SSSR count). The molecular formula is C11H6BrClFN3O. The third kappa shape index (κ3) is 2.83. The smallest absolute Gasteiger partial charge is 0.275 e. The van der Waals surface area contributed by atoms with Crippen LogP contribution in [0.2, 0.25) is 5.02 Å². The van der Waals surface area contributed by atoms with Gasteiger partial charge in [0.2, 0.25) is 0 Å². The lowest BCUT2D eigenvalue weighted by atomic mass is 10.3. The fourth-order valence-corrected chi connectivity index (χ4v) is 2.15. The predicted octanol–water partition coefficient (Wildman–Crippen LogP) is 3.28. The van der Waals surface area contributed by atoms with Gasteiger partial charge in [0.05, 0.1) is 16.9 Å². The van der Waals surface area contributed by atoms with Gasteiger partial charge in [-0.05, 0) is 28.1 Å². The van der Waals surface area contributed by atoms with Crippen LogP contribution in [0.25, 0.3) is 0 Å². The van der Waals surface area contributed by atoms with E-state index in [1.165, 1.54) is 24.7 Å². The molecule has 0 radical (unpaired) electrons. The van der Waals surface area contributed by atoms with Crippen molar-refractivity contribution in [3.63, 3.8) is 0 Å². The van der Waals surface area contributed by atoms with Crippen molar-refractivity contribution < 1.29 is 9.18 Å². The number of carbonyl (C=O) groups excluding carboxylic acids is 1. The zero-order chi connectivity index (χ0) is 13.1. The molecule has 1 N–H and O–H groups in total. The molecule has 2 aromatic rings. The van der Waals surface area contributed by atoms with Crippen LogP contribution < -0.4 is 5.32 Å². The van der Waals surface area contributed by atoms with E-state index in [-0.39, 0.29) is 16.4 Å². The van der Waals surface area contributed by atoms with Gasteiger partial charge < -0.3 is 5.32 Å². The van der Waals surface area contributed by atoms with E-state index in [1.54, 1.807) is 0 Å². The highest BCUT2D eigenvalue weighted by molar-refractivity contribution is 9.10. The number of benzene rings is 1. The summed E-state index contributed by atoms with van der Waals surface area (Å²) in [5, 5.41) is 2.63. The van der Waals surface area contributed by atoms with Crippen molar-refractivity contribution in [2.24, 2.45) is 0 Å². The third-order valence-corrected chi connectivity index (χ3v) is 2.96. The first-order valence-corrected chi connectivity index (χ1v) is 5.97. The van der Waals surface area contributed by atoms with Gasteiger partial charge in [-0.1, -0.05) is 11.6 Å². The number of hydrogen-bond donors (Lipinski definition) is 1. The highest BCUT2D eigenvalue weighted by atomic mass is 79.9. The fraction of sp³-hybridized carbons (Fsp3) is 0. The molecule has 0 spiro atoms. The van der Waals surface area contributed by atoms with Crippen LogP contribution in [0.3, 0.4) is 0 Å².